The minimum absolute atomic E-state index is 0. The van der Waals surface area contributed by atoms with Crippen molar-refractivity contribution in [1.82, 2.24) is 10.6 Å². The molecule has 1 aromatic carbocycles. The van der Waals surface area contributed by atoms with E-state index in [2.05, 4.69) is 16.7 Å². The minimum atomic E-state index is -0.114. The SMILES string of the molecule is Cl.O=C(NCC1=CCNCC1)C1CCCOC1c1ccccc1. The Morgan fingerprint density at radius 3 is 2.87 bits per heavy atom. The van der Waals surface area contributed by atoms with Crippen molar-refractivity contribution in [2.45, 2.75) is 25.4 Å². The molecule has 2 atom stereocenters. The summed E-state index contributed by atoms with van der Waals surface area (Å²) in [5, 5.41) is 6.39. The van der Waals surface area contributed by atoms with Crippen molar-refractivity contribution in [2.75, 3.05) is 26.2 Å². The molecule has 2 unspecified atom stereocenters. The Morgan fingerprint density at radius 2 is 2.13 bits per heavy atom. The fraction of sp³-hybridized carbons (Fsp3) is 0.500. The molecule has 126 valence electrons. The van der Waals surface area contributed by atoms with Gasteiger partial charge in [-0.3, -0.25) is 4.79 Å². The predicted octanol–water partition coefficient (Wildman–Crippen LogP) is 2.61. The van der Waals surface area contributed by atoms with E-state index in [0.717, 1.165) is 44.5 Å². The Hall–Kier alpha value is -1.36. The zero-order valence-corrected chi connectivity index (χ0v) is 14.1. The monoisotopic (exact) mass is 336 g/mol. The van der Waals surface area contributed by atoms with Crippen molar-refractivity contribution in [2.24, 2.45) is 5.92 Å². The third-order valence-electron chi connectivity index (χ3n) is 4.43. The molecular weight excluding hydrogens is 312 g/mol. The van der Waals surface area contributed by atoms with E-state index in [1.807, 2.05) is 30.3 Å². The maximum atomic E-state index is 12.6. The highest BCUT2D eigenvalue weighted by Crippen LogP contribution is 2.33. The van der Waals surface area contributed by atoms with E-state index in [0.29, 0.717) is 6.54 Å². The topological polar surface area (TPSA) is 50.4 Å². The molecule has 0 bridgehead atoms. The number of benzene rings is 1. The van der Waals surface area contributed by atoms with Crippen LogP contribution in [0.3, 0.4) is 0 Å². The molecule has 1 aromatic rings. The summed E-state index contributed by atoms with van der Waals surface area (Å²) in [6.45, 7) is 3.31. The second-order valence-electron chi connectivity index (χ2n) is 5.99. The van der Waals surface area contributed by atoms with Gasteiger partial charge in [-0.05, 0) is 31.4 Å². The van der Waals surface area contributed by atoms with E-state index in [-0.39, 0.29) is 30.3 Å². The van der Waals surface area contributed by atoms with Crippen LogP contribution < -0.4 is 10.6 Å². The van der Waals surface area contributed by atoms with Gasteiger partial charge >= 0.3 is 0 Å². The van der Waals surface area contributed by atoms with Crippen LogP contribution in [0.15, 0.2) is 42.0 Å². The molecule has 1 saturated heterocycles. The van der Waals surface area contributed by atoms with Gasteiger partial charge in [-0.1, -0.05) is 42.0 Å². The standard InChI is InChI=1S/C18H24N2O2.ClH/c21-18(20-13-14-8-10-19-11-9-14)16-7-4-12-22-17(16)15-5-2-1-3-6-15;/h1-3,5-6,8,16-17,19H,4,7,9-13H2,(H,20,21);1H. The quantitative estimate of drug-likeness (QED) is 0.831. The van der Waals surface area contributed by atoms with Crippen LogP contribution in [0.4, 0.5) is 0 Å². The van der Waals surface area contributed by atoms with Crippen LogP contribution in [0.2, 0.25) is 0 Å². The highest BCUT2D eigenvalue weighted by atomic mass is 35.5. The molecule has 2 aliphatic heterocycles. The van der Waals surface area contributed by atoms with E-state index in [1.165, 1.54) is 5.57 Å². The van der Waals surface area contributed by atoms with Gasteiger partial charge in [0.05, 0.1) is 12.0 Å². The summed E-state index contributed by atoms with van der Waals surface area (Å²) in [4.78, 5) is 12.6. The molecule has 4 nitrogen and oxygen atoms in total. The average molecular weight is 337 g/mol. The van der Waals surface area contributed by atoms with Crippen molar-refractivity contribution in [3.05, 3.63) is 47.5 Å². The summed E-state index contributed by atoms with van der Waals surface area (Å²) in [5.41, 5.74) is 2.42. The van der Waals surface area contributed by atoms with Crippen LogP contribution in [0.25, 0.3) is 0 Å². The summed E-state index contributed by atoms with van der Waals surface area (Å²) in [6.07, 6.45) is 4.93. The molecule has 1 amide bonds. The van der Waals surface area contributed by atoms with Crippen molar-refractivity contribution in [1.29, 1.82) is 0 Å². The number of hydrogen-bond acceptors (Lipinski definition) is 3. The number of rotatable bonds is 4. The number of hydrogen-bond donors (Lipinski definition) is 2. The highest BCUT2D eigenvalue weighted by molar-refractivity contribution is 5.85. The van der Waals surface area contributed by atoms with Crippen LogP contribution in [0.1, 0.15) is 30.9 Å². The first kappa shape index (κ1) is 18.0. The van der Waals surface area contributed by atoms with Crippen molar-refractivity contribution in [3.8, 4) is 0 Å². The Morgan fingerprint density at radius 1 is 1.30 bits per heavy atom. The third kappa shape index (κ3) is 4.80. The van der Waals surface area contributed by atoms with Gasteiger partial charge in [0, 0.05) is 19.7 Å². The summed E-state index contributed by atoms with van der Waals surface area (Å²) in [5.74, 6) is 0.0338. The Balaban J connectivity index is 0.00000192. The maximum absolute atomic E-state index is 12.6. The smallest absolute Gasteiger partial charge is 0.226 e. The van der Waals surface area contributed by atoms with Gasteiger partial charge in [0.1, 0.15) is 0 Å². The van der Waals surface area contributed by atoms with E-state index < -0.39 is 0 Å². The molecule has 2 heterocycles. The average Bonchev–Trinajstić information content (AvgIpc) is 2.61. The predicted molar refractivity (Wildman–Crippen MR) is 93.7 cm³/mol. The van der Waals surface area contributed by atoms with Crippen LogP contribution in [-0.4, -0.2) is 32.1 Å². The minimum Gasteiger partial charge on any atom is -0.373 e. The molecule has 23 heavy (non-hydrogen) atoms. The first-order valence-corrected chi connectivity index (χ1v) is 8.17. The van der Waals surface area contributed by atoms with Gasteiger partial charge in [-0.25, -0.2) is 0 Å². The van der Waals surface area contributed by atoms with Gasteiger partial charge in [0.15, 0.2) is 0 Å². The molecule has 2 aliphatic rings. The lowest BCUT2D eigenvalue weighted by molar-refractivity contribution is -0.134. The molecule has 5 heteroatoms. The summed E-state index contributed by atoms with van der Waals surface area (Å²) in [6, 6.07) is 10.1. The number of halogens is 1. The summed E-state index contributed by atoms with van der Waals surface area (Å²) >= 11 is 0. The van der Waals surface area contributed by atoms with Crippen molar-refractivity contribution < 1.29 is 9.53 Å². The number of ether oxygens (including phenoxy) is 1. The van der Waals surface area contributed by atoms with E-state index in [4.69, 9.17) is 4.74 Å². The second-order valence-corrected chi connectivity index (χ2v) is 5.99. The highest BCUT2D eigenvalue weighted by Gasteiger charge is 2.32. The van der Waals surface area contributed by atoms with Gasteiger partial charge in [0.25, 0.3) is 0 Å². The number of carbonyl (C=O) groups excluding carboxylic acids is 1. The molecule has 1 fully saturated rings. The molecule has 0 spiro atoms. The van der Waals surface area contributed by atoms with Gasteiger partial charge in [0.2, 0.25) is 5.91 Å². The lowest BCUT2D eigenvalue weighted by Gasteiger charge is -2.31. The Labute approximate surface area is 144 Å². The van der Waals surface area contributed by atoms with Crippen LogP contribution in [0.5, 0.6) is 0 Å². The normalized spacial score (nSPS) is 24.3. The fourth-order valence-electron chi connectivity index (χ4n) is 3.18. The lowest BCUT2D eigenvalue weighted by atomic mass is 9.88. The molecule has 0 aliphatic carbocycles. The molecule has 2 N–H and O–H groups in total. The Kier molecular flexibility index (Phi) is 7.09. The lowest BCUT2D eigenvalue weighted by Crippen LogP contribution is -2.39. The third-order valence-corrected chi connectivity index (χ3v) is 4.43. The molecule has 0 radical (unpaired) electrons. The molecule has 3 rings (SSSR count). The van der Waals surface area contributed by atoms with Crippen molar-refractivity contribution in [3.63, 3.8) is 0 Å². The van der Waals surface area contributed by atoms with Crippen molar-refractivity contribution >= 4 is 18.3 Å². The number of nitrogens with one attached hydrogen (secondary N) is 2. The fourth-order valence-corrected chi connectivity index (χ4v) is 3.18. The van der Waals surface area contributed by atoms with Gasteiger partial charge in [-0.15, -0.1) is 12.4 Å². The van der Waals surface area contributed by atoms with Gasteiger partial charge < -0.3 is 15.4 Å². The summed E-state index contributed by atoms with van der Waals surface area (Å²) < 4.78 is 5.90. The number of carbonyl (C=O) groups is 1. The first-order chi connectivity index (χ1) is 10.8. The Bertz CT molecular complexity index is 533. The largest absolute Gasteiger partial charge is 0.373 e. The second kappa shape index (κ2) is 9.06. The van der Waals surface area contributed by atoms with Crippen LogP contribution in [0, 0.1) is 5.92 Å². The maximum Gasteiger partial charge on any atom is 0.226 e. The molecule has 0 saturated carbocycles. The van der Waals surface area contributed by atoms with E-state index in [9.17, 15) is 4.79 Å². The molecular formula is C18H25ClN2O2. The van der Waals surface area contributed by atoms with E-state index >= 15 is 0 Å². The molecule has 0 aromatic heterocycles. The summed E-state index contributed by atoms with van der Waals surface area (Å²) in [7, 11) is 0. The van der Waals surface area contributed by atoms with Crippen LogP contribution in [-0.2, 0) is 9.53 Å². The zero-order chi connectivity index (χ0) is 15.2. The van der Waals surface area contributed by atoms with Gasteiger partial charge in [-0.2, -0.15) is 0 Å². The first-order valence-electron chi connectivity index (χ1n) is 8.17. The van der Waals surface area contributed by atoms with Crippen LogP contribution >= 0.6 is 12.4 Å². The number of amides is 1. The van der Waals surface area contributed by atoms with E-state index in [1.54, 1.807) is 0 Å². The zero-order valence-electron chi connectivity index (χ0n) is 13.3.